The summed E-state index contributed by atoms with van der Waals surface area (Å²) in [5, 5.41) is 12.4. The number of ether oxygens (including phenoxy) is 1. The summed E-state index contributed by atoms with van der Waals surface area (Å²) in [6.45, 7) is 1.42. The molecule has 3 unspecified atom stereocenters. The van der Waals surface area contributed by atoms with Crippen LogP contribution < -0.4 is 10.1 Å². The second-order valence-corrected chi connectivity index (χ2v) is 11.9. The number of alkyl halides is 4. The highest BCUT2D eigenvalue weighted by Crippen LogP contribution is 2.61. The van der Waals surface area contributed by atoms with Crippen molar-refractivity contribution in [3.05, 3.63) is 30.3 Å². The first kappa shape index (κ1) is 23.8. The van der Waals surface area contributed by atoms with Gasteiger partial charge in [0.2, 0.25) is 5.91 Å². The van der Waals surface area contributed by atoms with Crippen molar-refractivity contribution in [3.63, 3.8) is 0 Å². The number of carbonyl (C=O) groups excluding carboxylic acids is 2. The minimum Gasteiger partial charge on any atom is -0.484 e. The van der Waals surface area contributed by atoms with Gasteiger partial charge >= 0.3 is 5.97 Å². The van der Waals surface area contributed by atoms with Crippen LogP contribution in [0.1, 0.15) is 13.3 Å². The van der Waals surface area contributed by atoms with Crippen LogP contribution in [0, 0.1) is 0 Å². The molecule has 2 heterocycles. The van der Waals surface area contributed by atoms with Gasteiger partial charge in [-0.15, -0.1) is 11.8 Å². The summed E-state index contributed by atoms with van der Waals surface area (Å²) in [5.41, 5.74) is -1.75. The first-order valence-electron chi connectivity index (χ1n) is 8.79. The van der Waals surface area contributed by atoms with E-state index in [1.807, 2.05) is 6.07 Å². The zero-order valence-electron chi connectivity index (χ0n) is 15.6. The number of hydrogen-bond donors (Lipinski definition) is 2. The van der Waals surface area contributed by atoms with Crippen molar-refractivity contribution >= 4 is 80.3 Å². The molecule has 164 valence electrons. The number of hydrogen-bond acceptors (Lipinski definition) is 5. The van der Waals surface area contributed by atoms with Crippen LogP contribution in [0.2, 0.25) is 0 Å². The van der Waals surface area contributed by atoms with Crippen LogP contribution in [0.4, 0.5) is 0 Å². The third-order valence-electron chi connectivity index (χ3n) is 5.20. The summed E-state index contributed by atoms with van der Waals surface area (Å²) >= 11 is 22.5. The van der Waals surface area contributed by atoms with Gasteiger partial charge in [-0.05, 0) is 19.1 Å². The molecule has 0 aliphatic carbocycles. The molecule has 1 aromatic carbocycles. The highest BCUT2D eigenvalue weighted by molar-refractivity contribution is 9.09. The second-order valence-electron chi connectivity index (χ2n) is 7.19. The van der Waals surface area contributed by atoms with E-state index in [1.165, 1.54) is 16.7 Å². The van der Waals surface area contributed by atoms with E-state index in [9.17, 15) is 19.5 Å². The minimum atomic E-state index is -1.89. The highest BCUT2D eigenvalue weighted by atomic mass is 79.9. The van der Waals surface area contributed by atoms with Crippen LogP contribution >= 0.6 is 62.5 Å². The smallest absolute Gasteiger partial charge is 0.331 e. The normalized spacial score (nSPS) is 30.4. The number of aliphatic carboxylic acids is 1. The standard InChI is InChI=1S/C18H18BrCl3N2O5S/c1-16(9-19)17(15(27)28,8-18(20,21)22)24-13(26)12(14(24)30-16)23-11(25)7-29-10-5-3-2-4-6-10/h2-6,12,14H,7-9H2,1H3,(H,23,25)(H,27,28)/t12?,14-,16?,17?/m1/s1. The number of fused-ring (bicyclic) bond motifs is 1. The predicted molar refractivity (Wildman–Crippen MR) is 120 cm³/mol. The van der Waals surface area contributed by atoms with E-state index in [0.29, 0.717) is 5.75 Å². The molecule has 2 aliphatic heterocycles. The molecule has 0 saturated carbocycles. The molecule has 0 radical (unpaired) electrons. The SMILES string of the molecule is CC1(CBr)S[C@@H]2C(NC(=O)COc3ccccc3)C(=O)N2C1(CC(Cl)(Cl)Cl)C(=O)O. The Balaban J connectivity index is 1.77. The number of thioether (sulfide) groups is 1. The van der Waals surface area contributed by atoms with Crippen molar-refractivity contribution in [3.8, 4) is 5.75 Å². The third kappa shape index (κ3) is 4.11. The molecule has 3 rings (SSSR count). The first-order valence-corrected chi connectivity index (χ1v) is 11.9. The number of carboxylic acids is 1. The lowest BCUT2D eigenvalue weighted by molar-refractivity contribution is -0.172. The number of carbonyl (C=O) groups is 3. The summed E-state index contributed by atoms with van der Waals surface area (Å²) in [7, 11) is 0. The summed E-state index contributed by atoms with van der Waals surface area (Å²) in [6.07, 6.45) is -0.394. The van der Waals surface area contributed by atoms with Crippen LogP contribution in [0.5, 0.6) is 5.75 Å². The molecular weight excluding hydrogens is 543 g/mol. The minimum absolute atomic E-state index is 0.232. The van der Waals surface area contributed by atoms with Crippen LogP contribution in [0.15, 0.2) is 30.3 Å². The number of benzene rings is 1. The fourth-order valence-electron chi connectivity index (χ4n) is 3.73. The number of β-lactam (4-membered cyclic amide) rings is 1. The lowest BCUT2D eigenvalue weighted by atomic mass is 9.78. The Morgan fingerprint density at radius 2 is 1.97 bits per heavy atom. The molecular formula is C18H18BrCl3N2O5S. The van der Waals surface area contributed by atoms with Gasteiger partial charge in [0.25, 0.3) is 5.91 Å². The Labute approximate surface area is 200 Å². The molecule has 2 N–H and O–H groups in total. The van der Waals surface area contributed by atoms with Gasteiger partial charge in [0.1, 0.15) is 17.2 Å². The van der Waals surface area contributed by atoms with Crippen molar-refractivity contribution in [1.82, 2.24) is 10.2 Å². The zero-order valence-corrected chi connectivity index (χ0v) is 20.3. The lowest BCUT2D eigenvalue weighted by Crippen LogP contribution is -2.76. The quantitative estimate of drug-likeness (QED) is 0.393. The highest BCUT2D eigenvalue weighted by Gasteiger charge is 2.75. The van der Waals surface area contributed by atoms with Crippen molar-refractivity contribution in [2.24, 2.45) is 0 Å². The van der Waals surface area contributed by atoms with Gasteiger partial charge in [-0.1, -0.05) is 68.9 Å². The van der Waals surface area contributed by atoms with Gasteiger partial charge in [-0.2, -0.15) is 0 Å². The van der Waals surface area contributed by atoms with Gasteiger partial charge in [0, 0.05) is 11.8 Å². The second kappa shape index (κ2) is 8.58. The van der Waals surface area contributed by atoms with Gasteiger partial charge in [0.05, 0.1) is 4.75 Å². The fraction of sp³-hybridized carbons (Fsp3) is 0.500. The lowest BCUT2D eigenvalue weighted by Gasteiger charge is -2.50. The first-order chi connectivity index (χ1) is 13.9. The predicted octanol–water partition coefficient (Wildman–Crippen LogP) is 3.20. The molecule has 1 aromatic rings. The summed E-state index contributed by atoms with van der Waals surface area (Å²) in [6, 6.07) is 7.88. The van der Waals surface area contributed by atoms with E-state index in [-0.39, 0.29) is 11.9 Å². The number of halogens is 4. The molecule has 12 heteroatoms. The molecule has 2 fully saturated rings. The summed E-state index contributed by atoms with van der Waals surface area (Å²) in [4.78, 5) is 38.8. The number of carboxylic acid groups (broad SMARTS) is 1. The number of nitrogens with zero attached hydrogens (tertiary/aromatic N) is 1. The van der Waals surface area contributed by atoms with Gasteiger partial charge in [0.15, 0.2) is 15.9 Å². The maximum Gasteiger partial charge on any atom is 0.331 e. The molecule has 0 bridgehead atoms. The van der Waals surface area contributed by atoms with Crippen molar-refractivity contribution in [1.29, 1.82) is 0 Å². The Bertz CT molecular complexity index is 858. The van der Waals surface area contributed by atoms with Crippen LogP contribution in [0.3, 0.4) is 0 Å². The summed E-state index contributed by atoms with van der Waals surface area (Å²) < 4.78 is 2.50. The molecule has 30 heavy (non-hydrogen) atoms. The number of para-hydroxylation sites is 1. The maximum atomic E-state index is 12.9. The Morgan fingerprint density at radius 3 is 2.50 bits per heavy atom. The maximum absolute atomic E-state index is 12.9. The van der Waals surface area contributed by atoms with E-state index in [2.05, 4.69) is 21.2 Å². The molecule has 2 amide bonds. The Hall–Kier alpha value is -0.870. The number of nitrogens with one attached hydrogen (secondary N) is 1. The molecule has 2 saturated heterocycles. The Morgan fingerprint density at radius 1 is 1.33 bits per heavy atom. The van der Waals surface area contributed by atoms with Crippen molar-refractivity contribution < 1.29 is 24.2 Å². The van der Waals surface area contributed by atoms with Crippen molar-refractivity contribution in [2.45, 2.75) is 38.8 Å². The van der Waals surface area contributed by atoms with E-state index in [4.69, 9.17) is 39.5 Å². The Kier molecular flexibility index (Phi) is 6.80. The average molecular weight is 561 g/mol. The molecule has 7 nitrogen and oxygen atoms in total. The molecule has 0 aromatic heterocycles. The van der Waals surface area contributed by atoms with Gasteiger partial charge in [-0.3, -0.25) is 9.59 Å². The van der Waals surface area contributed by atoms with Crippen molar-refractivity contribution in [2.75, 3.05) is 11.9 Å². The van der Waals surface area contributed by atoms with Gasteiger partial charge < -0.3 is 20.1 Å². The number of amides is 2. The summed E-state index contributed by atoms with van der Waals surface area (Å²) in [5.74, 6) is -1.78. The number of rotatable bonds is 7. The van der Waals surface area contributed by atoms with E-state index >= 15 is 0 Å². The molecule has 0 spiro atoms. The van der Waals surface area contributed by atoms with E-state index < -0.39 is 49.7 Å². The van der Waals surface area contributed by atoms with Crippen LogP contribution in [-0.2, 0) is 14.4 Å². The third-order valence-corrected chi connectivity index (χ3v) is 8.83. The monoisotopic (exact) mass is 558 g/mol. The van der Waals surface area contributed by atoms with Gasteiger partial charge in [-0.25, -0.2) is 4.79 Å². The molecule has 2 aliphatic rings. The zero-order chi connectivity index (χ0) is 22.3. The van der Waals surface area contributed by atoms with E-state index in [0.717, 1.165) is 0 Å². The van der Waals surface area contributed by atoms with Crippen LogP contribution in [-0.4, -0.2) is 65.2 Å². The largest absolute Gasteiger partial charge is 0.484 e. The topological polar surface area (TPSA) is 95.9 Å². The fourth-order valence-corrected chi connectivity index (χ4v) is 6.93. The average Bonchev–Trinajstić information content (AvgIpc) is 2.91. The van der Waals surface area contributed by atoms with Crippen LogP contribution in [0.25, 0.3) is 0 Å². The van der Waals surface area contributed by atoms with E-state index in [1.54, 1.807) is 31.2 Å². The molecule has 4 atom stereocenters.